The molecule has 0 aliphatic carbocycles. The second-order valence-electron chi connectivity index (χ2n) is 2.60. The second kappa shape index (κ2) is 5.07. The number of alkyl halides is 2. The molecule has 0 bridgehead atoms. The van der Waals surface area contributed by atoms with Gasteiger partial charge in [0.15, 0.2) is 0 Å². The number of carbonyl (C=O) groups is 1. The maximum Gasteiger partial charge on any atom is 0.381 e. The fourth-order valence-corrected chi connectivity index (χ4v) is 1.50. The van der Waals surface area contributed by atoms with Gasteiger partial charge < -0.3 is 9.84 Å². The Hall–Kier alpha value is -0.0600. The van der Waals surface area contributed by atoms with Crippen LogP contribution in [0.5, 0.6) is 5.75 Å². The Morgan fingerprint density at radius 2 is 1.75 bits per heavy atom. The van der Waals surface area contributed by atoms with Gasteiger partial charge in [0, 0.05) is 0 Å². The molecule has 0 heterocycles. The van der Waals surface area contributed by atoms with Crippen LogP contribution in [0.1, 0.15) is 0 Å². The average Bonchev–Trinajstić information content (AvgIpc) is 2.19. The Bertz CT molecular complexity index is 432. The Kier molecular flexibility index (Phi) is 4.43. The number of hydrogen-bond donors (Lipinski definition) is 1. The van der Waals surface area contributed by atoms with Crippen LogP contribution in [-0.2, 0) is 4.79 Å². The summed E-state index contributed by atoms with van der Waals surface area (Å²) in [6, 6.07) is 2.68. The number of ether oxygens (including phenoxy) is 1. The number of carboxylic acids is 1. The van der Waals surface area contributed by atoms with Crippen LogP contribution < -0.4 is 4.74 Å². The lowest BCUT2D eigenvalue weighted by molar-refractivity contribution is -0.143. The molecule has 16 heavy (non-hydrogen) atoms. The lowest BCUT2D eigenvalue weighted by atomic mass is 10.3. The Morgan fingerprint density at radius 3 is 2.25 bits per heavy atom. The lowest BCUT2D eigenvalue weighted by Crippen LogP contribution is -2.32. The van der Waals surface area contributed by atoms with E-state index in [2.05, 4.69) is 0 Å². The van der Waals surface area contributed by atoms with Gasteiger partial charge in [-0.2, -0.15) is 0 Å². The van der Waals surface area contributed by atoms with E-state index in [1.165, 1.54) is 12.1 Å². The minimum atomic E-state index is -2.44. The average molecular weight is 324 g/mol. The van der Waals surface area contributed by atoms with Gasteiger partial charge in [-0.1, -0.05) is 34.8 Å². The molecule has 3 nitrogen and oxygen atoms in total. The van der Waals surface area contributed by atoms with Crippen molar-refractivity contribution in [2.45, 2.75) is 4.52 Å². The lowest BCUT2D eigenvalue weighted by Gasteiger charge is -2.17. The Labute approximate surface area is 116 Å². The van der Waals surface area contributed by atoms with Gasteiger partial charge in [0.1, 0.15) is 10.8 Å². The van der Waals surface area contributed by atoms with Gasteiger partial charge in [-0.25, -0.2) is 4.79 Å². The van der Waals surface area contributed by atoms with Gasteiger partial charge in [0.05, 0.1) is 10.0 Å². The van der Waals surface area contributed by atoms with Crippen molar-refractivity contribution in [3.63, 3.8) is 0 Å². The number of aliphatic carboxylic acids is 1. The first kappa shape index (κ1) is 14.0. The molecule has 0 fully saturated rings. The van der Waals surface area contributed by atoms with Crippen molar-refractivity contribution in [1.29, 1.82) is 0 Å². The summed E-state index contributed by atoms with van der Waals surface area (Å²) in [5, 5.41) is 8.78. The van der Waals surface area contributed by atoms with Gasteiger partial charge >= 0.3 is 10.5 Å². The van der Waals surface area contributed by atoms with Gasteiger partial charge in [0.25, 0.3) is 0 Å². The van der Waals surface area contributed by atoms with E-state index in [9.17, 15) is 4.79 Å². The molecule has 1 aromatic rings. The van der Waals surface area contributed by atoms with Crippen LogP contribution in [0.25, 0.3) is 0 Å². The molecule has 0 atom stereocenters. The highest BCUT2D eigenvalue weighted by Crippen LogP contribution is 2.39. The van der Waals surface area contributed by atoms with Crippen molar-refractivity contribution in [2.24, 2.45) is 0 Å². The monoisotopic (exact) mass is 322 g/mol. The summed E-state index contributed by atoms with van der Waals surface area (Å²) >= 11 is 27.9. The maximum atomic E-state index is 10.6. The van der Waals surface area contributed by atoms with E-state index < -0.39 is 10.5 Å². The second-order valence-corrected chi connectivity index (χ2v) is 5.02. The van der Waals surface area contributed by atoms with Crippen molar-refractivity contribution in [3.8, 4) is 5.75 Å². The molecule has 0 aliphatic rings. The van der Waals surface area contributed by atoms with E-state index in [0.29, 0.717) is 0 Å². The molecule has 0 saturated carbocycles. The number of hydrogen-bond acceptors (Lipinski definition) is 2. The molecule has 0 aromatic heterocycles. The van der Waals surface area contributed by atoms with E-state index in [1.54, 1.807) is 0 Å². The summed E-state index contributed by atoms with van der Waals surface area (Å²) < 4.78 is 2.34. The quantitative estimate of drug-likeness (QED) is 0.668. The van der Waals surface area contributed by atoms with Crippen LogP contribution in [0.2, 0.25) is 15.1 Å². The third kappa shape index (κ3) is 2.99. The summed E-state index contributed by atoms with van der Waals surface area (Å²) in [7, 11) is 0. The van der Waals surface area contributed by atoms with E-state index in [4.69, 9.17) is 67.8 Å². The number of halogens is 5. The van der Waals surface area contributed by atoms with E-state index >= 15 is 0 Å². The molecule has 1 rings (SSSR count). The first-order chi connectivity index (χ1) is 7.25. The molecule has 1 N–H and O–H groups in total. The summed E-state index contributed by atoms with van der Waals surface area (Å²) in [6.07, 6.45) is 0. The minimum absolute atomic E-state index is 0.0235. The first-order valence-corrected chi connectivity index (χ1v) is 5.58. The van der Waals surface area contributed by atoms with Crippen LogP contribution >= 0.6 is 58.0 Å². The molecule has 1 aromatic carbocycles. The number of rotatable bonds is 3. The third-order valence-corrected chi connectivity index (χ3v) is 3.24. The highest BCUT2D eigenvalue weighted by atomic mass is 35.5. The Morgan fingerprint density at radius 1 is 1.19 bits per heavy atom. The summed E-state index contributed by atoms with van der Waals surface area (Å²) in [4.78, 5) is 10.6. The maximum absolute atomic E-state index is 10.6. The largest absolute Gasteiger partial charge is 0.476 e. The highest BCUT2D eigenvalue weighted by Gasteiger charge is 2.37. The minimum Gasteiger partial charge on any atom is -0.476 e. The van der Waals surface area contributed by atoms with Crippen LogP contribution in [-0.4, -0.2) is 15.6 Å². The predicted molar refractivity (Wildman–Crippen MR) is 64.2 cm³/mol. The van der Waals surface area contributed by atoms with E-state index in [0.717, 1.165) is 0 Å². The van der Waals surface area contributed by atoms with Crippen molar-refractivity contribution >= 4 is 64.0 Å². The first-order valence-electron chi connectivity index (χ1n) is 3.69. The van der Waals surface area contributed by atoms with Gasteiger partial charge in [-0.05, 0) is 35.3 Å². The zero-order valence-corrected chi connectivity index (χ0v) is 11.1. The zero-order valence-electron chi connectivity index (χ0n) is 7.31. The smallest absolute Gasteiger partial charge is 0.381 e. The van der Waals surface area contributed by atoms with Crippen molar-refractivity contribution in [1.82, 2.24) is 0 Å². The molecule has 0 saturated heterocycles. The summed E-state index contributed by atoms with van der Waals surface area (Å²) in [6.45, 7) is 0. The standard InChI is InChI=1S/C8H3Cl5O3/c9-3-1-2-4(6(11)5(3)10)16-8(12,13)7(14)15/h1-2H,(H,14,15). The summed E-state index contributed by atoms with van der Waals surface area (Å²) in [5.74, 6) is -1.65. The number of benzene rings is 1. The van der Waals surface area contributed by atoms with Gasteiger partial charge in [-0.3, -0.25) is 0 Å². The Balaban J connectivity index is 3.08. The fraction of sp³-hybridized carbons (Fsp3) is 0.125. The third-order valence-electron chi connectivity index (χ3n) is 1.49. The molecule has 0 aliphatic heterocycles. The molecule has 88 valence electrons. The fourth-order valence-electron chi connectivity index (χ4n) is 0.769. The van der Waals surface area contributed by atoms with Crippen molar-refractivity contribution in [3.05, 3.63) is 27.2 Å². The van der Waals surface area contributed by atoms with Crippen LogP contribution in [0.15, 0.2) is 12.1 Å². The molecule has 0 radical (unpaired) electrons. The molecule has 0 spiro atoms. The van der Waals surface area contributed by atoms with Crippen LogP contribution in [0, 0.1) is 0 Å². The van der Waals surface area contributed by atoms with Gasteiger partial charge in [-0.15, -0.1) is 0 Å². The molecular weight excluding hydrogens is 321 g/mol. The van der Waals surface area contributed by atoms with Crippen molar-refractivity contribution < 1.29 is 14.6 Å². The molecule has 8 heteroatoms. The normalized spacial score (nSPS) is 11.3. The topological polar surface area (TPSA) is 46.5 Å². The molecule has 0 amide bonds. The molecular formula is C8H3Cl5O3. The summed E-state index contributed by atoms with van der Waals surface area (Å²) in [5.41, 5.74) is 0. The van der Waals surface area contributed by atoms with Crippen LogP contribution in [0.4, 0.5) is 0 Å². The molecule has 0 unspecified atom stereocenters. The van der Waals surface area contributed by atoms with E-state index in [1.807, 2.05) is 0 Å². The van der Waals surface area contributed by atoms with Crippen molar-refractivity contribution in [2.75, 3.05) is 0 Å². The van der Waals surface area contributed by atoms with Crippen LogP contribution in [0.3, 0.4) is 0 Å². The number of carboxylic acid groups (broad SMARTS) is 1. The van der Waals surface area contributed by atoms with E-state index in [-0.39, 0.29) is 20.8 Å². The van der Waals surface area contributed by atoms with Gasteiger partial charge in [0.2, 0.25) is 0 Å². The highest BCUT2D eigenvalue weighted by molar-refractivity contribution is 6.56. The zero-order chi connectivity index (χ0) is 12.5. The SMILES string of the molecule is O=C(O)C(Cl)(Cl)Oc1ccc(Cl)c(Cl)c1Cl. The predicted octanol–water partition coefficient (Wildman–Crippen LogP) is 4.24.